The van der Waals surface area contributed by atoms with Crippen molar-refractivity contribution in [2.45, 2.75) is 32.1 Å². The molecule has 1 amide bonds. The maximum atomic E-state index is 11.5. The van der Waals surface area contributed by atoms with E-state index in [1.807, 2.05) is 17.5 Å². The average molecular weight is 236 g/mol. The third-order valence-electron chi connectivity index (χ3n) is 2.28. The van der Waals surface area contributed by atoms with Crippen molar-refractivity contribution in [3.05, 3.63) is 22.4 Å². The molecular formula is C12H16N2OS. The van der Waals surface area contributed by atoms with Crippen LogP contribution in [-0.2, 0) is 4.79 Å². The zero-order valence-corrected chi connectivity index (χ0v) is 10.2. The van der Waals surface area contributed by atoms with Crippen molar-refractivity contribution in [1.29, 1.82) is 5.26 Å². The lowest BCUT2D eigenvalue weighted by Crippen LogP contribution is -2.25. The number of unbranched alkanes of at least 4 members (excludes halogenated alkanes) is 1. The fraction of sp³-hybridized carbons (Fsp3) is 0.500. The summed E-state index contributed by atoms with van der Waals surface area (Å²) in [6, 6.07) is 5.98. The monoisotopic (exact) mass is 236 g/mol. The second-order valence-corrected chi connectivity index (χ2v) is 4.58. The largest absolute Gasteiger partial charge is 0.356 e. The van der Waals surface area contributed by atoms with Crippen molar-refractivity contribution in [3.8, 4) is 6.07 Å². The Balaban J connectivity index is 2.40. The van der Waals surface area contributed by atoms with Crippen LogP contribution in [0.4, 0.5) is 0 Å². The van der Waals surface area contributed by atoms with Crippen LogP contribution >= 0.6 is 11.3 Å². The summed E-state index contributed by atoms with van der Waals surface area (Å²) in [5.41, 5.74) is 0. The van der Waals surface area contributed by atoms with Gasteiger partial charge in [-0.1, -0.05) is 19.4 Å². The van der Waals surface area contributed by atoms with Gasteiger partial charge in [0.1, 0.15) is 0 Å². The Morgan fingerprint density at radius 3 is 3.06 bits per heavy atom. The molecular weight excluding hydrogens is 220 g/mol. The highest BCUT2D eigenvalue weighted by Crippen LogP contribution is 2.23. The summed E-state index contributed by atoms with van der Waals surface area (Å²) in [7, 11) is 0. The molecule has 0 saturated carbocycles. The summed E-state index contributed by atoms with van der Waals surface area (Å²) in [5.74, 6) is -0.338. The lowest BCUT2D eigenvalue weighted by Gasteiger charge is -2.07. The van der Waals surface area contributed by atoms with E-state index in [0.717, 1.165) is 17.7 Å². The smallest absolute Gasteiger partial charge is 0.221 e. The van der Waals surface area contributed by atoms with Gasteiger partial charge in [0, 0.05) is 17.8 Å². The third kappa shape index (κ3) is 4.03. The van der Waals surface area contributed by atoms with Gasteiger partial charge in [0.2, 0.25) is 5.91 Å². The summed E-state index contributed by atoms with van der Waals surface area (Å²) in [6.07, 6.45) is 2.32. The number of hydrogen-bond donors (Lipinski definition) is 1. The molecule has 1 aromatic heterocycles. The van der Waals surface area contributed by atoms with Gasteiger partial charge in [-0.25, -0.2) is 0 Å². The third-order valence-corrected chi connectivity index (χ3v) is 3.27. The minimum Gasteiger partial charge on any atom is -0.356 e. The van der Waals surface area contributed by atoms with Gasteiger partial charge >= 0.3 is 0 Å². The van der Waals surface area contributed by atoms with Crippen LogP contribution in [0.3, 0.4) is 0 Å². The van der Waals surface area contributed by atoms with E-state index in [1.165, 1.54) is 11.3 Å². The summed E-state index contributed by atoms with van der Waals surface area (Å²) in [6.45, 7) is 2.79. The first kappa shape index (κ1) is 12.7. The first-order valence-corrected chi connectivity index (χ1v) is 6.35. The number of amides is 1. The maximum Gasteiger partial charge on any atom is 0.221 e. The van der Waals surface area contributed by atoms with Gasteiger partial charge in [-0.3, -0.25) is 4.79 Å². The van der Waals surface area contributed by atoms with Crippen molar-refractivity contribution in [1.82, 2.24) is 5.32 Å². The Kier molecular flexibility index (Phi) is 5.58. The topological polar surface area (TPSA) is 52.9 Å². The highest BCUT2D eigenvalue weighted by molar-refractivity contribution is 7.10. The van der Waals surface area contributed by atoms with E-state index in [1.54, 1.807) is 0 Å². The van der Waals surface area contributed by atoms with Gasteiger partial charge in [-0.05, 0) is 17.9 Å². The van der Waals surface area contributed by atoms with Gasteiger partial charge in [-0.15, -0.1) is 11.3 Å². The first-order valence-electron chi connectivity index (χ1n) is 5.47. The quantitative estimate of drug-likeness (QED) is 0.772. The number of rotatable bonds is 6. The van der Waals surface area contributed by atoms with Crippen LogP contribution in [0.2, 0.25) is 0 Å². The number of thiophene rings is 1. The van der Waals surface area contributed by atoms with E-state index in [9.17, 15) is 4.79 Å². The molecule has 1 heterocycles. The van der Waals surface area contributed by atoms with Crippen LogP contribution in [0.5, 0.6) is 0 Å². The molecule has 0 fully saturated rings. The fourth-order valence-electron chi connectivity index (χ4n) is 1.36. The van der Waals surface area contributed by atoms with Crippen molar-refractivity contribution in [2.24, 2.45) is 0 Å². The Labute approximate surface area is 100 Å². The molecule has 0 aromatic carbocycles. The molecule has 0 saturated heterocycles. The molecule has 0 bridgehead atoms. The fourth-order valence-corrected chi connectivity index (χ4v) is 2.13. The maximum absolute atomic E-state index is 11.5. The molecule has 4 heteroatoms. The Hall–Kier alpha value is -1.34. The summed E-state index contributed by atoms with van der Waals surface area (Å²) in [5, 5.41) is 13.7. The van der Waals surface area contributed by atoms with Gasteiger partial charge in [0.25, 0.3) is 0 Å². The minimum atomic E-state index is -0.304. The molecule has 1 atom stereocenters. The summed E-state index contributed by atoms with van der Waals surface area (Å²) in [4.78, 5) is 12.5. The standard InChI is InChI=1S/C12H16N2OS/c1-2-3-6-14-12(15)8-10(9-13)11-5-4-7-16-11/h4-5,7,10H,2-3,6,8H2,1H3,(H,14,15). The molecule has 3 nitrogen and oxygen atoms in total. The predicted molar refractivity (Wildman–Crippen MR) is 65.2 cm³/mol. The number of nitrogens with one attached hydrogen (secondary N) is 1. The zero-order chi connectivity index (χ0) is 11.8. The van der Waals surface area contributed by atoms with Gasteiger partial charge < -0.3 is 5.32 Å². The number of nitriles is 1. The van der Waals surface area contributed by atoms with Crippen LogP contribution in [0.25, 0.3) is 0 Å². The average Bonchev–Trinajstić information content (AvgIpc) is 2.79. The van der Waals surface area contributed by atoms with E-state index in [2.05, 4.69) is 18.3 Å². The van der Waals surface area contributed by atoms with Crippen LogP contribution < -0.4 is 5.32 Å². The lowest BCUT2D eigenvalue weighted by atomic mass is 10.1. The second-order valence-electron chi connectivity index (χ2n) is 3.60. The van der Waals surface area contributed by atoms with Crippen molar-refractivity contribution < 1.29 is 4.79 Å². The van der Waals surface area contributed by atoms with Crippen LogP contribution in [-0.4, -0.2) is 12.5 Å². The van der Waals surface area contributed by atoms with Crippen LogP contribution in [0.1, 0.15) is 37.0 Å². The summed E-state index contributed by atoms with van der Waals surface area (Å²) < 4.78 is 0. The van der Waals surface area contributed by atoms with Gasteiger partial charge in [-0.2, -0.15) is 5.26 Å². The molecule has 1 unspecified atom stereocenters. The highest BCUT2D eigenvalue weighted by atomic mass is 32.1. The molecule has 1 rings (SSSR count). The van der Waals surface area contributed by atoms with E-state index in [-0.39, 0.29) is 18.2 Å². The summed E-state index contributed by atoms with van der Waals surface area (Å²) >= 11 is 1.52. The Morgan fingerprint density at radius 2 is 2.50 bits per heavy atom. The lowest BCUT2D eigenvalue weighted by molar-refractivity contribution is -0.121. The SMILES string of the molecule is CCCCNC(=O)CC(C#N)c1cccs1. The molecule has 1 N–H and O–H groups in total. The number of carbonyl (C=O) groups is 1. The molecule has 0 aliphatic carbocycles. The van der Waals surface area contributed by atoms with E-state index in [0.29, 0.717) is 6.54 Å². The van der Waals surface area contributed by atoms with Crippen LogP contribution in [0.15, 0.2) is 17.5 Å². The molecule has 86 valence electrons. The second kappa shape index (κ2) is 7.02. The normalized spacial score (nSPS) is 11.8. The Morgan fingerprint density at radius 1 is 1.69 bits per heavy atom. The predicted octanol–water partition coefficient (Wildman–Crippen LogP) is 2.66. The molecule has 0 aliphatic rings. The minimum absolute atomic E-state index is 0.0339. The van der Waals surface area contributed by atoms with E-state index >= 15 is 0 Å². The van der Waals surface area contributed by atoms with Gasteiger partial charge in [0.15, 0.2) is 0 Å². The first-order chi connectivity index (χ1) is 7.77. The molecule has 0 aliphatic heterocycles. The van der Waals surface area contributed by atoms with Crippen LogP contribution in [0, 0.1) is 11.3 Å². The zero-order valence-electron chi connectivity index (χ0n) is 9.40. The highest BCUT2D eigenvalue weighted by Gasteiger charge is 2.15. The van der Waals surface area contributed by atoms with E-state index in [4.69, 9.17) is 5.26 Å². The molecule has 16 heavy (non-hydrogen) atoms. The molecule has 1 aromatic rings. The van der Waals surface area contributed by atoms with E-state index < -0.39 is 0 Å². The molecule has 0 radical (unpaired) electrons. The van der Waals surface area contributed by atoms with Crippen molar-refractivity contribution >= 4 is 17.2 Å². The Bertz CT molecular complexity index is 354. The van der Waals surface area contributed by atoms with Crippen molar-refractivity contribution in [3.63, 3.8) is 0 Å². The van der Waals surface area contributed by atoms with Crippen molar-refractivity contribution in [2.75, 3.05) is 6.54 Å². The number of carbonyl (C=O) groups excluding carboxylic acids is 1. The molecule has 0 spiro atoms. The number of hydrogen-bond acceptors (Lipinski definition) is 3. The van der Waals surface area contributed by atoms with Gasteiger partial charge in [0.05, 0.1) is 12.0 Å². The number of nitrogens with zero attached hydrogens (tertiary/aromatic N) is 1.